The molecule has 0 aliphatic heterocycles. The summed E-state index contributed by atoms with van der Waals surface area (Å²) in [6, 6.07) is 18.2. The highest BCUT2D eigenvalue weighted by atomic mass is 16.5. The van der Waals surface area contributed by atoms with Gasteiger partial charge in [0.1, 0.15) is 17.4 Å². The van der Waals surface area contributed by atoms with Crippen molar-refractivity contribution in [3.8, 4) is 11.8 Å². The summed E-state index contributed by atoms with van der Waals surface area (Å²) in [5.74, 6) is 0.228. The second-order valence-corrected chi connectivity index (χ2v) is 4.50. The van der Waals surface area contributed by atoms with E-state index < -0.39 is 5.91 Å². The number of carbonyl (C=O) groups is 1. The Morgan fingerprint density at radius 2 is 2.00 bits per heavy atom. The van der Waals surface area contributed by atoms with Crippen LogP contribution < -0.4 is 10.1 Å². The lowest BCUT2D eigenvalue weighted by atomic mass is 10.1. The highest BCUT2D eigenvalue weighted by Crippen LogP contribution is 2.18. The van der Waals surface area contributed by atoms with Crippen LogP contribution in [0.3, 0.4) is 0 Å². The highest BCUT2D eigenvalue weighted by Gasteiger charge is 2.09. The highest BCUT2D eigenvalue weighted by molar-refractivity contribution is 6.09. The Morgan fingerprint density at radius 1 is 1.23 bits per heavy atom. The van der Waals surface area contributed by atoms with E-state index in [0.717, 1.165) is 5.56 Å². The number of hydrogen-bond acceptors (Lipinski definition) is 3. The van der Waals surface area contributed by atoms with Gasteiger partial charge in [-0.05, 0) is 30.7 Å². The van der Waals surface area contributed by atoms with Crippen molar-refractivity contribution < 1.29 is 9.53 Å². The van der Waals surface area contributed by atoms with Crippen LogP contribution in [0, 0.1) is 11.3 Å². The molecule has 0 aliphatic rings. The van der Waals surface area contributed by atoms with Crippen LogP contribution >= 0.6 is 0 Å². The monoisotopic (exact) mass is 292 g/mol. The van der Waals surface area contributed by atoms with Crippen molar-refractivity contribution in [3.63, 3.8) is 0 Å². The fourth-order valence-electron chi connectivity index (χ4n) is 1.89. The Morgan fingerprint density at radius 3 is 2.68 bits per heavy atom. The number of nitriles is 1. The number of ether oxygens (including phenoxy) is 1. The summed E-state index contributed by atoms with van der Waals surface area (Å²) < 4.78 is 5.38. The number of rotatable bonds is 5. The van der Waals surface area contributed by atoms with Gasteiger partial charge in [0.15, 0.2) is 0 Å². The maximum absolute atomic E-state index is 12.2. The van der Waals surface area contributed by atoms with E-state index >= 15 is 0 Å². The van der Waals surface area contributed by atoms with Gasteiger partial charge in [0.2, 0.25) is 0 Å². The van der Waals surface area contributed by atoms with E-state index in [4.69, 9.17) is 4.74 Å². The van der Waals surface area contributed by atoms with E-state index in [2.05, 4.69) is 5.32 Å². The average molecular weight is 292 g/mol. The zero-order valence-electron chi connectivity index (χ0n) is 12.2. The molecule has 22 heavy (non-hydrogen) atoms. The quantitative estimate of drug-likeness (QED) is 0.676. The minimum absolute atomic E-state index is 0.0491. The molecule has 0 heterocycles. The topological polar surface area (TPSA) is 62.1 Å². The van der Waals surface area contributed by atoms with Gasteiger partial charge in [0.05, 0.1) is 6.61 Å². The summed E-state index contributed by atoms with van der Waals surface area (Å²) in [6.45, 7) is 2.44. The Balaban J connectivity index is 2.15. The summed E-state index contributed by atoms with van der Waals surface area (Å²) in [5, 5.41) is 11.9. The van der Waals surface area contributed by atoms with Crippen molar-refractivity contribution in [2.75, 3.05) is 11.9 Å². The molecule has 0 saturated heterocycles. The molecule has 110 valence electrons. The smallest absolute Gasteiger partial charge is 0.266 e. The van der Waals surface area contributed by atoms with Crippen molar-refractivity contribution in [2.45, 2.75) is 6.92 Å². The second kappa shape index (κ2) is 7.65. The Bertz CT molecular complexity index is 715. The van der Waals surface area contributed by atoms with Crippen molar-refractivity contribution in [1.29, 1.82) is 5.26 Å². The second-order valence-electron chi connectivity index (χ2n) is 4.50. The summed E-state index contributed by atoms with van der Waals surface area (Å²) >= 11 is 0. The third kappa shape index (κ3) is 4.22. The molecule has 2 rings (SSSR count). The zero-order chi connectivity index (χ0) is 15.8. The average Bonchev–Trinajstić information content (AvgIpc) is 2.54. The molecule has 0 aliphatic carbocycles. The molecule has 1 N–H and O–H groups in total. The molecule has 0 atom stereocenters. The van der Waals surface area contributed by atoms with Crippen molar-refractivity contribution in [3.05, 3.63) is 65.7 Å². The number of carbonyl (C=O) groups excluding carboxylic acids is 1. The van der Waals surface area contributed by atoms with E-state index in [9.17, 15) is 10.1 Å². The van der Waals surface area contributed by atoms with Gasteiger partial charge in [-0.15, -0.1) is 0 Å². The van der Waals surface area contributed by atoms with Gasteiger partial charge < -0.3 is 10.1 Å². The van der Waals surface area contributed by atoms with E-state index in [-0.39, 0.29) is 5.57 Å². The molecule has 4 heteroatoms. The van der Waals surface area contributed by atoms with Crippen LogP contribution in [0.1, 0.15) is 12.5 Å². The lowest BCUT2D eigenvalue weighted by molar-refractivity contribution is -0.112. The summed E-state index contributed by atoms with van der Waals surface area (Å²) in [4.78, 5) is 12.2. The van der Waals surface area contributed by atoms with E-state index in [1.807, 2.05) is 49.4 Å². The van der Waals surface area contributed by atoms with Gasteiger partial charge in [0.25, 0.3) is 5.91 Å². The van der Waals surface area contributed by atoms with E-state index in [1.54, 1.807) is 24.3 Å². The fourth-order valence-corrected chi connectivity index (χ4v) is 1.89. The molecule has 0 bridgehead atoms. The lowest BCUT2D eigenvalue weighted by Gasteiger charge is -2.07. The zero-order valence-corrected chi connectivity index (χ0v) is 12.2. The van der Waals surface area contributed by atoms with Crippen molar-refractivity contribution >= 4 is 17.7 Å². The first kappa shape index (κ1) is 15.3. The molecular formula is C18H16N2O2. The van der Waals surface area contributed by atoms with Crippen LogP contribution in [0.2, 0.25) is 0 Å². The fraction of sp³-hybridized carbons (Fsp3) is 0.111. The van der Waals surface area contributed by atoms with E-state index in [1.165, 1.54) is 0 Å². The summed E-state index contributed by atoms with van der Waals surface area (Å²) in [6.07, 6.45) is 1.56. The van der Waals surface area contributed by atoms with Crippen molar-refractivity contribution in [1.82, 2.24) is 0 Å². The molecule has 2 aromatic carbocycles. The molecule has 0 saturated carbocycles. The molecular weight excluding hydrogens is 276 g/mol. The predicted molar refractivity (Wildman–Crippen MR) is 86.3 cm³/mol. The van der Waals surface area contributed by atoms with Gasteiger partial charge in [0, 0.05) is 11.8 Å². The first-order valence-corrected chi connectivity index (χ1v) is 6.94. The molecule has 2 aromatic rings. The largest absolute Gasteiger partial charge is 0.494 e. The predicted octanol–water partition coefficient (Wildman–Crippen LogP) is 3.63. The third-order valence-electron chi connectivity index (χ3n) is 2.88. The van der Waals surface area contributed by atoms with Gasteiger partial charge in [-0.2, -0.15) is 5.26 Å². The number of nitrogens with one attached hydrogen (secondary N) is 1. The first-order chi connectivity index (χ1) is 10.7. The maximum Gasteiger partial charge on any atom is 0.266 e. The Hall–Kier alpha value is -3.06. The number of hydrogen-bond donors (Lipinski definition) is 1. The standard InChI is InChI=1S/C18H16N2O2/c1-2-22-17-10-6-9-16(12-17)20-18(21)15(13-19)11-14-7-4-3-5-8-14/h3-12H,2H2,1H3,(H,20,21). The third-order valence-corrected chi connectivity index (χ3v) is 2.88. The summed E-state index contributed by atoms with van der Waals surface area (Å²) in [5.41, 5.74) is 1.44. The number of anilines is 1. The lowest BCUT2D eigenvalue weighted by Crippen LogP contribution is -2.13. The minimum atomic E-state index is -0.444. The number of nitrogens with zero attached hydrogens (tertiary/aromatic N) is 1. The Labute approximate surface area is 129 Å². The van der Waals surface area contributed by atoms with Gasteiger partial charge in [-0.1, -0.05) is 36.4 Å². The molecule has 4 nitrogen and oxygen atoms in total. The van der Waals surface area contributed by atoms with Crippen molar-refractivity contribution in [2.24, 2.45) is 0 Å². The van der Waals surface area contributed by atoms with Crippen LogP contribution in [0.15, 0.2) is 60.2 Å². The molecule has 0 aromatic heterocycles. The van der Waals surface area contributed by atoms with E-state index in [0.29, 0.717) is 18.0 Å². The molecule has 0 fully saturated rings. The number of amides is 1. The van der Waals surface area contributed by atoms with Crippen LogP contribution in [-0.2, 0) is 4.79 Å². The van der Waals surface area contributed by atoms with Gasteiger partial charge in [-0.3, -0.25) is 4.79 Å². The SMILES string of the molecule is CCOc1cccc(NC(=O)C(C#N)=Cc2ccccc2)c1. The van der Waals surface area contributed by atoms with Crippen LogP contribution in [0.25, 0.3) is 6.08 Å². The first-order valence-electron chi connectivity index (χ1n) is 6.94. The molecule has 0 spiro atoms. The summed E-state index contributed by atoms with van der Waals surface area (Å²) in [7, 11) is 0. The van der Waals surface area contributed by atoms with Crippen LogP contribution in [0.4, 0.5) is 5.69 Å². The molecule has 0 unspecified atom stereocenters. The minimum Gasteiger partial charge on any atom is -0.494 e. The number of benzene rings is 2. The van der Waals surface area contributed by atoms with Crippen LogP contribution in [-0.4, -0.2) is 12.5 Å². The Kier molecular flexibility index (Phi) is 5.33. The van der Waals surface area contributed by atoms with Gasteiger partial charge >= 0.3 is 0 Å². The molecule has 0 radical (unpaired) electrons. The maximum atomic E-state index is 12.2. The van der Waals surface area contributed by atoms with Crippen LogP contribution in [0.5, 0.6) is 5.75 Å². The molecule has 1 amide bonds. The van der Waals surface area contributed by atoms with Gasteiger partial charge in [-0.25, -0.2) is 0 Å². The normalized spacial score (nSPS) is 10.6.